The molecule has 0 N–H and O–H groups in total. The van der Waals surface area contributed by atoms with E-state index in [-0.39, 0.29) is 5.82 Å². The lowest BCUT2D eigenvalue weighted by Gasteiger charge is -2.40. The van der Waals surface area contributed by atoms with Crippen LogP contribution in [0.1, 0.15) is 18.3 Å². The molecule has 0 bridgehead atoms. The summed E-state index contributed by atoms with van der Waals surface area (Å²) in [5.41, 5.74) is -1.07. The van der Waals surface area contributed by atoms with Gasteiger partial charge in [0.2, 0.25) is 0 Å². The molecular weight excluding hydrogens is 312 g/mol. The fourth-order valence-electron chi connectivity index (χ4n) is 2.78. The number of alkyl halides is 3. The molecule has 0 aromatic carbocycles. The Morgan fingerprint density at radius 2 is 2.00 bits per heavy atom. The minimum atomic E-state index is -4.58. The average Bonchev–Trinajstić information content (AvgIpc) is 2.89. The van der Waals surface area contributed by atoms with E-state index in [2.05, 4.69) is 14.5 Å². The number of hydrogen-bond donors (Lipinski definition) is 0. The Labute approximate surface area is 130 Å². The molecule has 1 aliphatic heterocycles. The van der Waals surface area contributed by atoms with Gasteiger partial charge in [0.15, 0.2) is 11.6 Å². The molecule has 23 heavy (non-hydrogen) atoms. The molecule has 0 amide bonds. The summed E-state index contributed by atoms with van der Waals surface area (Å²) in [6, 6.07) is 0.501. The normalized spacial score (nSPS) is 15.8. The zero-order chi connectivity index (χ0) is 16.6. The summed E-state index contributed by atoms with van der Waals surface area (Å²) in [4.78, 5) is 9.54. The third kappa shape index (κ3) is 3.16. The lowest BCUT2D eigenvalue weighted by Crippen LogP contribution is -2.49. The van der Waals surface area contributed by atoms with Crippen LogP contribution in [0.15, 0.2) is 24.7 Å². The first kappa shape index (κ1) is 15.8. The molecule has 0 spiro atoms. The van der Waals surface area contributed by atoms with Gasteiger partial charge in [-0.2, -0.15) is 13.2 Å². The number of aromatic nitrogens is 3. The summed E-state index contributed by atoms with van der Waals surface area (Å²) >= 11 is 0. The lowest BCUT2D eigenvalue weighted by atomic mass is 10.00. The van der Waals surface area contributed by atoms with E-state index >= 15 is 0 Å². The van der Waals surface area contributed by atoms with Crippen LogP contribution in [-0.2, 0) is 19.1 Å². The van der Waals surface area contributed by atoms with Crippen LogP contribution in [0.4, 0.5) is 23.4 Å². The second kappa shape index (κ2) is 5.82. The van der Waals surface area contributed by atoms with E-state index < -0.39 is 17.6 Å². The molecule has 1 fully saturated rings. The molecule has 124 valence electrons. The monoisotopic (exact) mass is 328 g/mol. The van der Waals surface area contributed by atoms with Gasteiger partial charge in [0.25, 0.3) is 0 Å². The van der Waals surface area contributed by atoms with Crippen molar-refractivity contribution >= 4 is 5.82 Å². The van der Waals surface area contributed by atoms with Crippen molar-refractivity contribution < 1.29 is 17.6 Å². The van der Waals surface area contributed by atoms with E-state index in [0.717, 1.165) is 18.8 Å². The van der Waals surface area contributed by atoms with Gasteiger partial charge < -0.3 is 9.47 Å². The minimum absolute atomic E-state index is 0.0180. The van der Waals surface area contributed by atoms with Gasteiger partial charge >= 0.3 is 6.18 Å². The lowest BCUT2D eigenvalue weighted by molar-refractivity contribution is -0.138. The van der Waals surface area contributed by atoms with Crippen LogP contribution in [0.2, 0.25) is 0 Å². The maximum absolute atomic E-state index is 13.9. The van der Waals surface area contributed by atoms with Crippen LogP contribution in [-0.4, -0.2) is 27.6 Å². The Bertz CT molecular complexity index is 689. The maximum Gasteiger partial charge on any atom is 0.417 e. The number of imidazole rings is 1. The predicted octanol–water partition coefficient (Wildman–Crippen LogP) is 3.13. The first-order valence-corrected chi connectivity index (χ1v) is 7.36. The van der Waals surface area contributed by atoms with Crippen LogP contribution < -0.4 is 4.90 Å². The van der Waals surface area contributed by atoms with E-state index in [1.165, 1.54) is 0 Å². The predicted molar refractivity (Wildman–Crippen MR) is 76.5 cm³/mol. The number of aryl methyl sites for hydroxylation is 1. The Morgan fingerprint density at radius 3 is 2.61 bits per heavy atom. The molecule has 3 rings (SSSR count). The van der Waals surface area contributed by atoms with Crippen LogP contribution in [0.3, 0.4) is 0 Å². The molecular formula is C15H16F4N4. The topological polar surface area (TPSA) is 34.0 Å². The number of pyridine rings is 1. The summed E-state index contributed by atoms with van der Waals surface area (Å²) in [6.45, 7) is 3.92. The number of anilines is 1. The summed E-state index contributed by atoms with van der Waals surface area (Å²) in [5, 5.41) is 0. The SMILES string of the molecule is CCc1nccn1CC1CN(c2ncc(C(F)(F)F)cc2F)C1. The van der Waals surface area contributed by atoms with Crippen molar-refractivity contribution in [3.8, 4) is 0 Å². The van der Waals surface area contributed by atoms with Gasteiger partial charge in [0, 0.05) is 50.6 Å². The van der Waals surface area contributed by atoms with Crippen LogP contribution in [0, 0.1) is 11.7 Å². The number of nitrogens with zero attached hydrogens (tertiary/aromatic N) is 4. The summed E-state index contributed by atoms with van der Waals surface area (Å²) in [7, 11) is 0. The summed E-state index contributed by atoms with van der Waals surface area (Å²) < 4.78 is 53.4. The van der Waals surface area contributed by atoms with Crippen molar-refractivity contribution in [2.75, 3.05) is 18.0 Å². The minimum Gasteiger partial charge on any atom is -0.353 e. The third-order valence-electron chi connectivity index (χ3n) is 3.98. The zero-order valence-corrected chi connectivity index (χ0v) is 12.5. The summed E-state index contributed by atoms with van der Waals surface area (Å²) in [6.07, 6.45) is 0.571. The maximum atomic E-state index is 13.9. The molecule has 8 heteroatoms. The quantitative estimate of drug-likeness (QED) is 0.809. The number of hydrogen-bond acceptors (Lipinski definition) is 3. The van der Waals surface area contributed by atoms with Crippen molar-refractivity contribution in [1.29, 1.82) is 0 Å². The third-order valence-corrected chi connectivity index (χ3v) is 3.98. The second-order valence-electron chi connectivity index (χ2n) is 5.65. The highest BCUT2D eigenvalue weighted by Gasteiger charge is 2.34. The Morgan fingerprint density at radius 1 is 1.26 bits per heavy atom. The number of halogens is 4. The van der Waals surface area contributed by atoms with Crippen molar-refractivity contribution in [1.82, 2.24) is 14.5 Å². The smallest absolute Gasteiger partial charge is 0.353 e. The first-order chi connectivity index (χ1) is 10.9. The molecule has 0 radical (unpaired) electrons. The van der Waals surface area contributed by atoms with Gasteiger partial charge in [-0.25, -0.2) is 14.4 Å². The standard InChI is InChI=1S/C15H16F4N4/c1-2-13-20-3-4-22(13)7-10-8-23(9-10)14-12(16)5-11(6-21-14)15(17,18)19/h3-6,10H,2,7-9H2,1H3. The van der Waals surface area contributed by atoms with Gasteiger partial charge in [-0.15, -0.1) is 0 Å². The highest BCUT2D eigenvalue weighted by molar-refractivity contribution is 5.44. The highest BCUT2D eigenvalue weighted by Crippen LogP contribution is 2.32. The molecule has 3 heterocycles. The van der Waals surface area contributed by atoms with Gasteiger partial charge in [0.1, 0.15) is 5.82 Å². The van der Waals surface area contributed by atoms with E-state index in [9.17, 15) is 17.6 Å². The van der Waals surface area contributed by atoms with Crippen LogP contribution in [0.25, 0.3) is 0 Å². The molecule has 4 nitrogen and oxygen atoms in total. The number of rotatable bonds is 4. The molecule has 2 aromatic heterocycles. The highest BCUT2D eigenvalue weighted by atomic mass is 19.4. The summed E-state index contributed by atoms with van der Waals surface area (Å²) in [5.74, 6) is 0.339. The van der Waals surface area contributed by atoms with Crippen molar-refractivity contribution in [2.24, 2.45) is 5.92 Å². The van der Waals surface area contributed by atoms with Gasteiger partial charge in [-0.3, -0.25) is 0 Å². The van der Waals surface area contributed by atoms with Crippen LogP contribution >= 0.6 is 0 Å². The fourth-order valence-corrected chi connectivity index (χ4v) is 2.78. The molecule has 1 saturated heterocycles. The van der Waals surface area contributed by atoms with Crippen molar-refractivity contribution in [2.45, 2.75) is 26.1 Å². The molecule has 1 aliphatic rings. The van der Waals surface area contributed by atoms with E-state index in [4.69, 9.17) is 0 Å². The Balaban J connectivity index is 1.63. The first-order valence-electron chi connectivity index (χ1n) is 7.36. The van der Waals surface area contributed by atoms with Crippen molar-refractivity contribution in [3.63, 3.8) is 0 Å². The second-order valence-corrected chi connectivity index (χ2v) is 5.65. The Hall–Kier alpha value is -2.12. The molecule has 0 atom stereocenters. The van der Waals surface area contributed by atoms with Crippen molar-refractivity contribution in [3.05, 3.63) is 41.9 Å². The van der Waals surface area contributed by atoms with Gasteiger partial charge in [-0.1, -0.05) is 6.92 Å². The van der Waals surface area contributed by atoms with E-state index in [1.54, 1.807) is 11.1 Å². The van der Waals surface area contributed by atoms with Gasteiger partial charge in [0.05, 0.1) is 5.56 Å². The molecule has 0 aliphatic carbocycles. The molecule has 0 unspecified atom stereocenters. The zero-order valence-electron chi connectivity index (χ0n) is 12.5. The largest absolute Gasteiger partial charge is 0.417 e. The average molecular weight is 328 g/mol. The van der Waals surface area contributed by atoms with Crippen LogP contribution in [0.5, 0.6) is 0 Å². The molecule has 2 aromatic rings. The fraction of sp³-hybridized carbons (Fsp3) is 0.467. The van der Waals surface area contributed by atoms with E-state index in [1.807, 2.05) is 13.1 Å². The van der Waals surface area contributed by atoms with Gasteiger partial charge in [-0.05, 0) is 6.07 Å². The Kier molecular flexibility index (Phi) is 3.99. The molecule has 0 saturated carbocycles. The van der Waals surface area contributed by atoms with E-state index in [0.29, 0.717) is 31.3 Å².